The highest BCUT2D eigenvalue weighted by atomic mass is 16.2. The molecule has 0 saturated heterocycles. The molecule has 0 aliphatic carbocycles. The maximum atomic E-state index is 12.2. The smallest absolute Gasteiger partial charge is 0.281 e. The Morgan fingerprint density at radius 2 is 1.90 bits per heavy atom. The predicted octanol–water partition coefficient (Wildman–Crippen LogP) is 2.31. The molecule has 0 bridgehead atoms. The second kappa shape index (κ2) is 5.36. The number of nitrogens with one attached hydrogen (secondary N) is 1. The summed E-state index contributed by atoms with van der Waals surface area (Å²) in [7, 11) is 0. The molecule has 1 aromatic carbocycles. The number of pyridine rings is 1. The molecule has 2 heterocycles. The molecule has 0 fully saturated rings. The van der Waals surface area contributed by atoms with Crippen molar-refractivity contribution in [2.45, 2.75) is 13.3 Å². The van der Waals surface area contributed by atoms with E-state index in [-0.39, 0.29) is 24.2 Å². The zero-order valence-corrected chi connectivity index (χ0v) is 11.7. The first-order chi connectivity index (χ1) is 10.2. The van der Waals surface area contributed by atoms with Crippen LogP contribution in [-0.2, 0) is 6.42 Å². The van der Waals surface area contributed by atoms with Crippen LogP contribution >= 0.6 is 0 Å². The average Bonchev–Trinajstić information content (AvgIpc) is 2.78. The zero-order chi connectivity index (χ0) is 14.8. The summed E-state index contributed by atoms with van der Waals surface area (Å²) in [5, 5.41) is 3.16. The number of nitrogens with zero attached hydrogens (tertiary/aromatic N) is 2. The Bertz CT molecular complexity index is 677. The summed E-state index contributed by atoms with van der Waals surface area (Å²) in [4.78, 5) is 29.6. The van der Waals surface area contributed by atoms with Crippen LogP contribution in [0.3, 0.4) is 0 Å². The van der Waals surface area contributed by atoms with Crippen LogP contribution in [0.4, 0.5) is 5.69 Å². The van der Waals surface area contributed by atoms with Crippen LogP contribution in [-0.4, -0.2) is 28.4 Å². The van der Waals surface area contributed by atoms with Crippen LogP contribution in [0.5, 0.6) is 0 Å². The minimum absolute atomic E-state index is 0.144. The molecular formula is C16H15N3O2. The Morgan fingerprint density at radius 1 is 1.10 bits per heavy atom. The zero-order valence-electron chi connectivity index (χ0n) is 11.7. The standard InChI is InChI=1S/C16H15N3O2/c1-2-11-6-3-4-8-13(11)18-10-19-15(20)12-7-5-9-17-14(12)16(19)21/h3-9,18H,2,10H2,1H3. The first-order valence-electron chi connectivity index (χ1n) is 6.85. The van der Waals surface area contributed by atoms with Crippen molar-refractivity contribution in [3.8, 4) is 0 Å². The fourth-order valence-corrected chi connectivity index (χ4v) is 2.42. The molecule has 0 unspecified atom stereocenters. The van der Waals surface area contributed by atoms with Crippen LogP contribution in [0.2, 0.25) is 0 Å². The topological polar surface area (TPSA) is 62.3 Å². The van der Waals surface area contributed by atoms with Crippen molar-refractivity contribution >= 4 is 17.5 Å². The van der Waals surface area contributed by atoms with E-state index in [1.54, 1.807) is 12.1 Å². The molecule has 3 rings (SSSR count). The molecule has 5 nitrogen and oxygen atoms in total. The number of aryl methyl sites for hydroxylation is 1. The van der Waals surface area contributed by atoms with E-state index in [1.807, 2.05) is 24.3 Å². The summed E-state index contributed by atoms with van der Waals surface area (Å²) in [5.74, 6) is -0.651. The Hall–Kier alpha value is -2.69. The highest BCUT2D eigenvalue weighted by molar-refractivity contribution is 6.20. The highest BCUT2D eigenvalue weighted by Gasteiger charge is 2.36. The molecule has 5 heteroatoms. The lowest BCUT2D eigenvalue weighted by Gasteiger charge is -2.17. The summed E-state index contributed by atoms with van der Waals surface area (Å²) >= 11 is 0. The lowest BCUT2D eigenvalue weighted by molar-refractivity contribution is 0.0664. The van der Waals surface area contributed by atoms with Gasteiger partial charge in [-0.05, 0) is 30.2 Å². The Morgan fingerprint density at radius 3 is 2.67 bits per heavy atom. The third-order valence-electron chi connectivity index (χ3n) is 3.56. The van der Waals surface area contributed by atoms with E-state index in [2.05, 4.69) is 17.2 Å². The van der Waals surface area contributed by atoms with E-state index in [0.717, 1.165) is 17.7 Å². The second-order valence-electron chi connectivity index (χ2n) is 4.78. The lowest BCUT2D eigenvalue weighted by Crippen LogP contribution is -2.34. The molecule has 2 aromatic rings. The van der Waals surface area contributed by atoms with Gasteiger partial charge < -0.3 is 5.32 Å². The first kappa shape index (κ1) is 13.3. The average molecular weight is 281 g/mol. The summed E-state index contributed by atoms with van der Waals surface area (Å²) in [6, 6.07) is 11.1. The fraction of sp³-hybridized carbons (Fsp3) is 0.188. The van der Waals surface area contributed by atoms with Gasteiger partial charge in [0.05, 0.1) is 12.2 Å². The molecule has 0 radical (unpaired) electrons. The Kier molecular flexibility index (Phi) is 3.39. The molecule has 106 valence electrons. The van der Waals surface area contributed by atoms with Crippen molar-refractivity contribution < 1.29 is 9.59 Å². The van der Waals surface area contributed by atoms with Crippen LogP contribution in [0.25, 0.3) is 0 Å². The number of fused-ring (bicyclic) bond motifs is 1. The van der Waals surface area contributed by atoms with E-state index < -0.39 is 0 Å². The fourth-order valence-electron chi connectivity index (χ4n) is 2.42. The number of hydrogen-bond donors (Lipinski definition) is 1. The predicted molar refractivity (Wildman–Crippen MR) is 79.0 cm³/mol. The van der Waals surface area contributed by atoms with E-state index in [9.17, 15) is 9.59 Å². The number of amides is 2. The highest BCUT2D eigenvalue weighted by Crippen LogP contribution is 2.21. The van der Waals surface area contributed by atoms with Crippen molar-refractivity contribution in [2.24, 2.45) is 0 Å². The number of anilines is 1. The van der Waals surface area contributed by atoms with Gasteiger partial charge in [-0.2, -0.15) is 0 Å². The minimum Gasteiger partial charge on any atom is -0.367 e. The maximum absolute atomic E-state index is 12.2. The molecule has 1 aliphatic heterocycles. The third-order valence-corrected chi connectivity index (χ3v) is 3.56. The van der Waals surface area contributed by atoms with E-state index >= 15 is 0 Å². The molecule has 21 heavy (non-hydrogen) atoms. The van der Waals surface area contributed by atoms with E-state index in [1.165, 1.54) is 11.1 Å². The van der Waals surface area contributed by atoms with Crippen molar-refractivity contribution in [3.05, 3.63) is 59.4 Å². The molecule has 2 amide bonds. The van der Waals surface area contributed by atoms with Crippen molar-refractivity contribution in [2.75, 3.05) is 12.0 Å². The van der Waals surface area contributed by atoms with Gasteiger partial charge in [0.1, 0.15) is 5.69 Å². The number of aromatic nitrogens is 1. The Labute approximate surface area is 122 Å². The molecule has 1 aliphatic rings. The number of para-hydroxylation sites is 1. The van der Waals surface area contributed by atoms with Gasteiger partial charge in [0.25, 0.3) is 11.8 Å². The third kappa shape index (κ3) is 2.27. The van der Waals surface area contributed by atoms with Gasteiger partial charge in [-0.1, -0.05) is 25.1 Å². The monoisotopic (exact) mass is 281 g/mol. The van der Waals surface area contributed by atoms with Gasteiger partial charge in [0, 0.05) is 11.9 Å². The molecule has 0 atom stereocenters. The molecule has 1 aromatic heterocycles. The largest absolute Gasteiger partial charge is 0.367 e. The van der Waals surface area contributed by atoms with Crippen LogP contribution in [0.1, 0.15) is 33.3 Å². The second-order valence-corrected chi connectivity index (χ2v) is 4.78. The summed E-state index contributed by atoms with van der Waals surface area (Å²) in [6.07, 6.45) is 2.40. The van der Waals surface area contributed by atoms with Gasteiger partial charge in [-0.3, -0.25) is 19.5 Å². The van der Waals surface area contributed by atoms with Crippen molar-refractivity contribution in [3.63, 3.8) is 0 Å². The molecular weight excluding hydrogens is 266 g/mol. The summed E-state index contributed by atoms with van der Waals surface area (Å²) < 4.78 is 0. The van der Waals surface area contributed by atoms with Gasteiger partial charge in [0.15, 0.2) is 0 Å². The van der Waals surface area contributed by atoms with Crippen LogP contribution in [0, 0.1) is 0 Å². The number of hydrogen-bond acceptors (Lipinski definition) is 4. The maximum Gasteiger partial charge on any atom is 0.281 e. The minimum atomic E-state index is -0.350. The van der Waals surface area contributed by atoms with Crippen molar-refractivity contribution in [1.82, 2.24) is 9.88 Å². The number of benzene rings is 1. The Balaban J connectivity index is 1.78. The molecule has 0 saturated carbocycles. The van der Waals surface area contributed by atoms with Gasteiger partial charge >= 0.3 is 0 Å². The van der Waals surface area contributed by atoms with Gasteiger partial charge in [0.2, 0.25) is 0 Å². The van der Waals surface area contributed by atoms with Gasteiger partial charge in [-0.25, -0.2) is 0 Å². The number of carbonyl (C=O) groups excluding carboxylic acids is 2. The lowest BCUT2D eigenvalue weighted by atomic mass is 10.1. The summed E-state index contributed by atoms with van der Waals surface area (Å²) in [5.41, 5.74) is 2.68. The van der Waals surface area contributed by atoms with Crippen LogP contribution in [0.15, 0.2) is 42.6 Å². The van der Waals surface area contributed by atoms with Crippen molar-refractivity contribution in [1.29, 1.82) is 0 Å². The first-order valence-corrected chi connectivity index (χ1v) is 6.85. The quantitative estimate of drug-likeness (QED) is 0.874. The van der Waals surface area contributed by atoms with E-state index in [0.29, 0.717) is 5.56 Å². The number of imide groups is 1. The number of carbonyl (C=O) groups is 2. The normalized spacial score (nSPS) is 13.5. The molecule has 0 spiro atoms. The number of rotatable bonds is 4. The van der Waals surface area contributed by atoms with Crippen LogP contribution < -0.4 is 5.32 Å². The van der Waals surface area contributed by atoms with E-state index in [4.69, 9.17) is 0 Å². The molecule has 1 N–H and O–H groups in total. The summed E-state index contributed by atoms with van der Waals surface area (Å²) in [6.45, 7) is 2.21. The SMILES string of the molecule is CCc1ccccc1NCN1C(=O)c2cccnc2C1=O. The van der Waals surface area contributed by atoms with Gasteiger partial charge in [-0.15, -0.1) is 0 Å².